The van der Waals surface area contributed by atoms with E-state index in [2.05, 4.69) is 3.63 Å². The fourth-order valence-electron chi connectivity index (χ4n) is 3.60. The molecule has 0 N–H and O–H groups in total. The standard InChI is InChI=1S/C20H17F9O4S2/c21-17(22,19(25,26)27)18(23,24)20(28,29)35(31,32)33-34(10-3-4-11-34)12-16(30)15-9-5-7-13-6-1-2-8-14(13)15/h1-2,5-9H,3-4,10-12H2. The molecular weight excluding hydrogens is 539 g/mol. The molecule has 1 fully saturated rings. The Morgan fingerprint density at radius 3 is 1.94 bits per heavy atom. The Morgan fingerprint density at radius 1 is 0.829 bits per heavy atom. The highest BCUT2D eigenvalue weighted by Gasteiger charge is 2.86. The van der Waals surface area contributed by atoms with Crippen molar-refractivity contribution in [3.8, 4) is 0 Å². The van der Waals surface area contributed by atoms with Crippen LogP contribution in [-0.4, -0.2) is 54.7 Å². The van der Waals surface area contributed by atoms with E-state index in [1.807, 2.05) is 0 Å². The van der Waals surface area contributed by atoms with Crippen LogP contribution in [0.2, 0.25) is 0 Å². The summed E-state index contributed by atoms with van der Waals surface area (Å²) in [6, 6.07) is 10.9. The monoisotopic (exact) mass is 556 g/mol. The van der Waals surface area contributed by atoms with Crippen LogP contribution in [0, 0.1) is 0 Å². The molecule has 1 aliphatic heterocycles. The van der Waals surface area contributed by atoms with Crippen molar-refractivity contribution in [2.24, 2.45) is 0 Å². The molecule has 2 aromatic carbocycles. The van der Waals surface area contributed by atoms with E-state index >= 15 is 0 Å². The van der Waals surface area contributed by atoms with E-state index in [1.165, 1.54) is 12.1 Å². The Hall–Kier alpha value is -2.00. The fourth-order valence-corrected chi connectivity index (χ4v) is 9.23. The van der Waals surface area contributed by atoms with Crippen molar-refractivity contribution in [3.05, 3.63) is 48.0 Å². The zero-order valence-electron chi connectivity index (χ0n) is 17.4. The van der Waals surface area contributed by atoms with Crippen molar-refractivity contribution < 1.29 is 56.4 Å². The quantitative estimate of drug-likeness (QED) is 0.283. The van der Waals surface area contributed by atoms with Crippen LogP contribution in [0.3, 0.4) is 0 Å². The van der Waals surface area contributed by atoms with E-state index in [4.69, 9.17) is 0 Å². The molecule has 2 aromatic rings. The van der Waals surface area contributed by atoms with Crippen LogP contribution in [0.15, 0.2) is 42.5 Å². The second-order valence-corrected chi connectivity index (χ2v) is 12.9. The lowest BCUT2D eigenvalue weighted by atomic mass is 10.0. The van der Waals surface area contributed by atoms with Crippen LogP contribution < -0.4 is 0 Å². The van der Waals surface area contributed by atoms with Gasteiger partial charge in [-0.15, -0.1) is 10.3 Å². The molecule has 3 rings (SSSR count). The summed E-state index contributed by atoms with van der Waals surface area (Å²) in [5, 5.41) is -5.94. The highest BCUT2D eigenvalue weighted by molar-refractivity contribution is 8.33. The summed E-state index contributed by atoms with van der Waals surface area (Å²) in [5.41, 5.74) is 0.0450. The fraction of sp³-hybridized carbons (Fsp3) is 0.450. The maximum Gasteiger partial charge on any atom is 0.460 e. The molecule has 0 aliphatic carbocycles. The van der Waals surface area contributed by atoms with Gasteiger partial charge < -0.3 is 0 Å². The highest BCUT2D eigenvalue weighted by atomic mass is 32.3. The van der Waals surface area contributed by atoms with Gasteiger partial charge >= 0.3 is 33.4 Å². The Morgan fingerprint density at radius 2 is 1.37 bits per heavy atom. The first-order valence-electron chi connectivity index (χ1n) is 9.82. The van der Waals surface area contributed by atoms with Gasteiger partial charge in [0.25, 0.3) is 0 Å². The van der Waals surface area contributed by atoms with Crippen molar-refractivity contribution in [1.82, 2.24) is 0 Å². The van der Waals surface area contributed by atoms with Gasteiger partial charge in [0.15, 0.2) is 5.78 Å². The molecule has 4 nitrogen and oxygen atoms in total. The molecule has 0 aromatic heterocycles. The van der Waals surface area contributed by atoms with Crippen molar-refractivity contribution in [3.63, 3.8) is 0 Å². The second-order valence-electron chi connectivity index (χ2n) is 7.86. The summed E-state index contributed by atoms with van der Waals surface area (Å²) in [6.45, 7) is 0. The van der Waals surface area contributed by atoms with Crippen molar-refractivity contribution >= 4 is 37.0 Å². The molecule has 0 unspecified atom stereocenters. The number of hydrogen-bond acceptors (Lipinski definition) is 4. The number of benzene rings is 2. The highest BCUT2D eigenvalue weighted by Crippen LogP contribution is 2.61. The Labute approximate surface area is 195 Å². The van der Waals surface area contributed by atoms with E-state index in [-0.39, 0.29) is 29.9 Å². The SMILES string of the molecule is O=C(CS1(OS(=O)(=O)C(F)(F)C(F)(F)C(F)(F)C(F)(F)F)CCCC1)c1cccc2ccccc12. The van der Waals surface area contributed by atoms with Gasteiger partial charge in [-0.3, -0.25) is 4.79 Å². The minimum Gasteiger partial charge on any atom is -0.293 e. The van der Waals surface area contributed by atoms with E-state index in [1.54, 1.807) is 30.3 Å². The van der Waals surface area contributed by atoms with E-state index in [0.717, 1.165) is 0 Å². The summed E-state index contributed by atoms with van der Waals surface area (Å²) in [4.78, 5) is 13.0. The zero-order chi connectivity index (χ0) is 26.5. The first-order chi connectivity index (χ1) is 15.9. The molecule has 0 saturated carbocycles. The average Bonchev–Trinajstić information content (AvgIpc) is 3.19. The molecule has 1 heterocycles. The summed E-state index contributed by atoms with van der Waals surface area (Å²) in [5.74, 6) is -17.1. The second kappa shape index (κ2) is 8.83. The molecule has 1 aliphatic rings. The van der Waals surface area contributed by atoms with Gasteiger partial charge in [-0.05, 0) is 23.6 Å². The topological polar surface area (TPSA) is 60.4 Å². The van der Waals surface area contributed by atoms with Crippen molar-refractivity contribution in [2.75, 3.05) is 17.3 Å². The van der Waals surface area contributed by atoms with Crippen LogP contribution in [0.25, 0.3) is 10.8 Å². The van der Waals surface area contributed by atoms with Gasteiger partial charge in [0, 0.05) is 17.1 Å². The number of halogens is 9. The van der Waals surface area contributed by atoms with Crippen LogP contribution in [0.4, 0.5) is 39.5 Å². The lowest BCUT2D eigenvalue weighted by Gasteiger charge is -2.37. The predicted octanol–water partition coefficient (Wildman–Crippen LogP) is 6.31. The molecule has 0 spiro atoms. The molecule has 0 bridgehead atoms. The molecule has 1 saturated heterocycles. The molecule has 196 valence electrons. The number of carbonyl (C=O) groups is 1. The minimum atomic E-state index is -7.39. The first-order valence-corrected chi connectivity index (χ1v) is 13.3. The number of hydrogen-bond donors (Lipinski definition) is 0. The van der Waals surface area contributed by atoms with E-state index in [0.29, 0.717) is 10.8 Å². The lowest BCUT2D eigenvalue weighted by Crippen LogP contribution is -2.63. The normalized spacial score (nSPS) is 18.5. The molecule has 0 amide bonds. The Bertz CT molecular complexity index is 1220. The predicted molar refractivity (Wildman–Crippen MR) is 111 cm³/mol. The third kappa shape index (κ3) is 4.61. The molecular formula is C20H17F9O4S2. The smallest absolute Gasteiger partial charge is 0.293 e. The number of rotatable bonds is 8. The average molecular weight is 556 g/mol. The summed E-state index contributed by atoms with van der Waals surface area (Å²) >= 11 is 0. The van der Waals surface area contributed by atoms with Gasteiger partial charge in [0.1, 0.15) is 0 Å². The van der Waals surface area contributed by atoms with Gasteiger partial charge in [0.05, 0.1) is 5.75 Å². The van der Waals surface area contributed by atoms with Gasteiger partial charge in [0.2, 0.25) is 0 Å². The van der Waals surface area contributed by atoms with Crippen molar-refractivity contribution in [1.29, 1.82) is 0 Å². The van der Waals surface area contributed by atoms with Crippen LogP contribution in [0.5, 0.6) is 0 Å². The van der Waals surface area contributed by atoms with Crippen LogP contribution >= 0.6 is 10.3 Å². The third-order valence-electron chi connectivity index (χ3n) is 5.43. The summed E-state index contributed by atoms with van der Waals surface area (Å²) in [6.07, 6.45) is -6.92. The Balaban J connectivity index is 1.96. The number of carbonyl (C=O) groups excluding carboxylic acids is 1. The van der Waals surface area contributed by atoms with Crippen LogP contribution in [0.1, 0.15) is 23.2 Å². The maximum atomic E-state index is 14.2. The number of fused-ring (bicyclic) bond motifs is 1. The van der Waals surface area contributed by atoms with Crippen molar-refractivity contribution in [2.45, 2.75) is 36.1 Å². The zero-order valence-corrected chi connectivity index (χ0v) is 19.1. The minimum absolute atomic E-state index is 0.0450. The molecule has 15 heteroatoms. The number of alkyl halides is 9. The molecule has 0 atom stereocenters. The third-order valence-corrected chi connectivity index (χ3v) is 11.0. The van der Waals surface area contributed by atoms with Gasteiger partial charge in [-0.1, -0.05) is 42.5 Å². The first kappa shape index (κ1) is 27.6. The molecule has 35 heavy (non-hydrogen) atoms. The number of ketones is 1. The van der Waals surface area contributed by atoms with Crippen LogP contribution in [-0.2, 0) is 13.7 Å². The molecule has 0 radical (unpaired) electrons. The number of Topliss-reactive ketones (excluding diaryl/α,β-unsaturated/α-hetero) is 1. The lowest BCUT2D eigenvalue weighted by molar-refractivity contribution is -0.382. The maximum absolute atomic E-state index is 14.2. The van der Waals surface area contributed by atoms with Gasteiger partial charge in [-0.2, -0.15) is 47.9 Å². The largest absolute Gasteiger partial charge is 0.460 e. The van der Waals surface area contributed by atoms with Gasteiger partial charge in [-0.25, -0.2) is 3.63 Å². The summed E-state index contributed by atoms with van der Waals surface area (Å²) < 4.78 is 148. The Kier molecular flexibility index (Phi) is 6.96. The summed E-state index contributed by atoms with van der Waals surface area (Å²) in [7, 11) is -10.5. The van der Waals surface area contributed by atoms with E-state index < -0.39 is 55.2 Å². The van der Waals surface area contributed by atoms with E-state index in [9.17, 15) is 52.7 Å².